The number of hydrazine groups is 1. The monoisotopic (exact) mass is 223 g/mol. The van der Waals surface area contributed by atoms with Crippen LogP contribution in [0.5, 0.6) is 0 Å². The van der Waals surface area contributed by atoms with E-state index in [0.717, 1.165) is 5.56 Å². The maximum absolute atomic E-state index is 12.7. The lowest BCUT2D eigenvalue weighted by Crippen LogP contribution is -2.38. The molecule has 0 bridgehead atoms. The molecule has 1 unspecified atom stereocenters. The van der Waals surface area contributed by atoms with Crippen LogP contribution in [0.15, 0.2) is 24.3 Å². The smallest absolute Gasteiger partial charge is 0.238 e. The maximum atomic E-state index is 12.7. The van der Waals surface area contributed by atoms with Gasteiger partial charge >= 0.3 is 0 Å². The summed E-state index contributed by atoms with van der Waals surface area (Å²) in [6.45, 7) is 0.922. The van der Waals surface area contributed by atoms with Crippen molar-refractivity contribution in [2.24, 2.45) is 5.73 Å². The Kier molecular flexibility index (Phi) is 3.17. The van der Waals surface area contributed by atoms with E-state index in [0.29, 0.717) is 19.5 Å². The highest BCUT2D eigenvalue weighted by atomic mass is 19.1. The number of carbonyl (C=O) groups excluding carboxylic acids is 1. The molecule has 1 atom stereocenters. The van der Waals surface area contributed by atoms with Crippen LogP contribution in [0.1, 0.15) is 18.0 Å². The Bertz CT molecular complexity index is 379. The highest BCUT2D eigenvalue weighted by Gasteiger charge is 2.29. The number of amides is 1. The van der Waals surface area contributed by atoms with Gasteiger partial charge in [0.1, 0.15) is 5.82 Å². The van der Waals surface area contributed by atoms with Gasteiger partial charge in [0.2, 0.25) is 5.91 Å². The molecule has 0 saturated carbocycles. The summed E-state index contributed by atoms with van der Waals surface area (Å²) in [5.74, 6) is -0.244. The van der Waals surface area contributed by atoms with E-state index in [4.69, 9.17) is 5.73 Å². The number of benzene rings is 1. The van der Waals surface area contributed by atoms with Crippen molar-refractivity contribution in [2.75, 3.05) is 13.1 Å². The molecular weight excluding hydrogens is 209 g/mol. The summed E-state index contributed by atoms with van der Waals surface area (Å²) in [6.07, 6.45) is 0.394. The van der Waals surface area contributed by atoms with Gasteiger partial charge in [-0.15, -0.1) is 0 Å². The fraction of sp³-hybridized carbons (Fsp3) is 0.364. The van der Waals surface area contributed by atoms with Crippen molar-refractivity contribution in [3.63, 3.8) is 0 Å². The van der Waals surface area contributed by atoms with Crippen molar-refractivity contribution >= 4 is 5.91 Å². The predicted molar refractivity (Wildman–Crippen MR) is 57.7 cm³/mol. The third kappa shape index (κ3) is 2.20. The van der Waals surface area contributed by atoms with Gasteiger partial charge in [-0.25, -0.2) is 9.82 Å². The minimum atomic E-state index is -0.271. The summed E-state index contributed by atoms with van der Waals surface area (Å²) in [5.41, 5.74) is 9.36. The van der Waals surface area contributed by atoms with Crippen LogP contribution in [0.4, 0.5) is 4.39 Å². The number of hydrogen-bond acceptors (Lipinski definition) is 3. The molecule has 1 aromatic rings. The van der Waals surface area contributed by atoms with Gasteiger partial charge in [0.25, 0.3) is 0 Å². The molecule has 3 N–H and O–H groups in total. The van der Waals surface area contributed by atoms with E-state index in [-0.39, 0.29) is 17.8 Å². The molecule has 0 aliphatic carbocycles. The third-order valence-corrected chi connectivity index (χ3v) is 2.62. The van der Waals surface area contributed by atoms with Gasteiger partial charge in [0, 0.05) is 19.5 Å². The Morgan fingerprint density at radius 1 is 1.44 bits per heavy atom. The Labute approximate surface area is 93.2 Å². The molecule has 0 radical (unpaired) electrons. The molecule has 1 aliphatic rings. The molecule has 0 aromatic heterocycles. The van der Waals surface area contributed by atoms with E-state index in [1.54, 1.807) is 12.1 Å². The first kappa shape index (κ1) is 11.0. The van der Waals surface area contributed by atoms with E-state index in [9.17, 15) is 9.18 Å². The fourth-order valence-electron chi connectivity index (χ4n) is 1.80. The molecule has 1 heterocycles. The minimum Gasteiger partial charge on any atom is -0.329 e. The van der Waals surface area contributed by atoms with Gasteiger partial charge in [-0.3, -0.25) is 9.80 Å². The second-order valence-electron chi connectivity index (χ2n) is 3.77. The Balaban J connectivity index is 2.07. The van der Waals surface area contributed by atoms with Gasteiger partial charge in [-0.2, -0.15) is 0 Å². The summed E-state index contributed by atoms with van der Waals surface area (Å²) >= 11 is 0. The fourth-order valence-corrected chi connectivity index (χ4v) is 1.80. The van der Waals surface area contributed by atoms with E-state index in [2.05, 4.69) is 5.43 Å². The van der Waals surface area contributed by atoms with Crippen LogP contribution < -0.4 is 11.2 Å². The quantitative estimate of drug-likeness (QED) is 0.787. The molecule has 1 aliphatic heterocycles. The first-order valence-electron chi connectivity index (χ1n) is 5.23. The largest absolute Gasteiger partial charge is 0.329 e. The van der Waals surface area contributed by atoms with E-state index >= 15 is 0 Å². The molecule has 2 rings (SSSR count). The standard InChI is InChI=1S/C11H14FN3O/c12-9-3-1-8(2-4-9)10-7-11(16)15(14-10)6-5-13/h1-4,10,14H,5-7,13H2. The highest BCUT2D eigenvalue weighted by Crippen LogP contribution is 2.23. The summed E-state index contributed by atoms with van der Waals surface area (Å²) in [7, 11) is 0. The van der Waals surface area contributed by atoms with Crippen molar-refractivity contribution in [1.82, 2.24) is 10.4 Å². The molecule has 1 saturated heterocycles. The zero-order valence-electron chi connectivity index (χ0n) is 8.82. The third-order valence-electron chi connectivity index (χ3n) is 2.62. The number of carbonyl (C=O) groups is 1. The minimum absolute atomic E-state index is 0.0276. The van der Waals surface area contributed by atoms with Gasteiger partial charge < -0.3 is 5.73 Å². The number of nitrogens with one attached hydrogen (secondary N) is 1. The molecular formula is C11H14FN3O. The van der Waals surface area contributed by atoms with Crippen molar-refractivity contribution in [1.29, 1.82) is 0 Å². The van der Waals surface area contributed by atoms with Gasteiger partial charge in [-0.1, -0.05) is 12.1 Å². The number of rotatable bonds is 3. The lowest BCUT2D eigenvalue weighted by molar-refractivity contribution is -0.129. The van der Waals surface area contributed by atoms with Crippen molar-refractivity contribution in [3.8, 4) is 0 Å². The molecule has 0 spiro atoms. The predicted octanol–water partition coefficient (Wildman–Crippen LogP) is 0.562. The van der Waals surface area contributed by atoms with Crippen LogP contribution in [0.25, 0.3) is 0 Å². The normalized spacial score (nSPS) is 20.5. The average molecular weight is 223 g/mol. The molecule has 16 heavy (non-hydrogen) atoms. The van der Waals surface area contributed by atoms with Crippen molar-refractivity contribution in [2.45, 2.75) is 12.5 Å². The van der Waals surface area contributed by atoms with Crippen molar-refractivity contribution < 1.29 is 9.18 Å². The topological polar surface area (TPSA) is 58.4 Å². The van der Waals surface area contributed by atoms with Crippen LogP contribution in [0.3, 0.4) is 0 Å². The number of nitrogens with zero attached hydrogens (tertiary/aromatic N) is 1. The molecule has 4 nitrogen and oxygen atoms in total. The summed E-state index contributed by atoms with van der Waals surface area (Å²) < 4.78 is 12.7. The van der Waals surface area contributed by atoms with Crippen LogP contribution in [0, 0.1) is 5.82 Å². The highest BCUT2D eigenvalue weighted by molar-refractivity contribution is 5.78. The number of hydrogen-bond donors (Lipinski definition) is 2. The number of halogens is 1. The second kappa shape index (κ2) is 4.59. The maximum Gasteiger partial charge on any atom is 0.238 e. The van der Waals surface area contributed by atoms with Gasteiger partial charge in [-0.05, 0) is 17.7 Å². The lowest BCUT2D eigenvalue weighted by Gasteiger charge is -2.17. The van der Waals surface area contributed by atoms with Gasteiger partial charge in [0.15, 0.2) is 0 Å². The first-order chi connectivity index (χ1) is 7.70. The van der Waals surface area contributed by atoms with E-state index < -0.39 is 0 Å². The molecule has 1 aromatic carbocycles. The van der Waals surface area contributed by atoms with Crippen LogP contribution >= 0.6 is 0 Å². The van der Waals surface area contributed by atoms with Crippen LogP contribution in [0.2, 0.25) is 0 Å². The zero-order chi connectivity index (χ0) is 11.5. The van der Waals surface area contributed by atoms with Gasteiger partial charge in [0.05, 0.1) is 6.04 Å². The SMILES string of the molecule is NCCN1NC(c2ccc(F)cc2)CC1=O. The molecule has 1 amide bonds. The van der Waals surface area contributed by atoms with Crippen molar-refractivity contribution in [3.05, 3.63) is 35.6 Å². The summed E-state index contributed by atoms with van der Waals surface area (Å²) in [5, 5.41) is 1.52. The lowest BCUT2D eigenvalue weighted by atomic mass is 10.1. The average Bonchev–Trinajstić information content (AvgIpc) is 2.62. The van der Waals surface area contributed by atoms with E-state index in [1.165, 1.54) is 17.1 Å². The van der Waals surface area contributed by atoms with Crippen LogP contribution in [-0.4, -0.2) is 24.0 Å². The Morgan fingerprint density at radius 2 is 2.12 bits per heavy atom. The number of nitrogens with two attached hydrogens (primary N) is 1. The Hall–Kier alpha value is -1.46. The first-order valence-corrected chi connectivity index (χ1v) is 5.23. The summed E-state index contributed by atoms with van der Waals surface area (Å²) in [4.78, 5) is 11.5. The molecule has 86 valence electrons. The zero-order valence-corrected chi connectivity index (χ0v) is 8.82. The molecule has 5 heteroatoms. The second-order valence-corrected chi connectivity index (χ2v) is 3.77. The molecule has 1 fully saturated rings. The van der Waals surface area contributed by atoms with E-state index in [1.807, 2.05) is 0 Å². The summed E-state index contributed by atoms with van der Waals surface area (Å²) in [6, 6.07) is 6.10. The Morgan fingerprint density at radius 3 is 2.75 bits per heavy atom. The van der Waals surface area contributed by atoms with Crippen LogP contribution in [-0.2, 0) is 4.79 Å².